The van der Waals surface area contributed by atoms with Gasteiger partial charge in [0.05, 0.1) is 13.0 Å². The minimum atomic E-state index is -3.90. The van der Waals surface area contributed by atoms with Gasteiger partial charge in [0, 0.05) is 13.1 Å². The topological polar surface area (TPSA) is 101 Å². The Labute approximate surface area is 126 Å². The summed E-state index contributed by atoms with van der Waals surface area (Å²) in [6, 6.07) is 0. The van der Waals surface area contributed by atoms with Gasteiger partial charge in [0.25, 0.3) is 0 Å². The SMILES string of the molecule is COC(=O)c1scc(C)c1S(=O)(=O)N1CCC(C(=O)O)C1. The lowest BCUT2D eigenvalue weighted by Crippen LogP contribution is -2.31. The van der Waals surface area contributed by atoms with Crippen LogP contribution in [0.4, 0.5) is 0 Å². The maximum Gasteiger partial charge on any atom is 0.349 e. The molecule has 0 saturated carbocycles. The van der Waals surface area contributed by atoms with Crippen molar-refractivity contribution in [3.05, 3.63) is 15.8 Å². The van der Waals surface area contributed by atoms with Gasteiger partial charge in [0.2, 0.25) is 10.0 Å². The predicted molar refractivity (Wildman–Crippen MR) is 74.9 cm³/mol. The molecule has 1 aliphatic rings. The van der Waals surface area contributed by atoms with E-state index in [0.717, 1.165) is 15.6 Å². The van der Waals surface area contributed by atoms with Crippen LogP contribution in [0.3, 0.4) is 0 Å². The van der Waals surface area contributed by atoms with Gasteiger partial charge in [-0.1, -0.05) is 0 Å². The predicted octanol–water partition coefficient (Wildman–Crippen LogP) is 0.938. The molecule has 1 atom stereocenters. The summed E-state index contributed by atoms with van der Waals surface area (Å²) in [5.74, 6) is -2.43. The van der Waals surface area contributed by atoms with Crippen LogP contribution in [0.15, 0.2) is 10.3 Å². The van der Waals surface area contributed by atoms with Crippen molar-refractivity contribution in [2.45, 2.75) is 18.2 Å². The van der Waals surface area contributed by atoms with Gasteiger partial charge in [-0.3, -0.25) is 4.79 Å². The standard InChI is InChI=1S/C12H15NO6S2/c1-7-6-20-9(12(16)19-2)10(7)21(17,18)13-4-3-8(5-13)11(14)15/h6,8H,3-5H2,1-2H3,(H,14,15). The summed E-state index contributed by atoms with van der Waals surface area (Å²) >= 11 is 1.00. The van der Waals surface area contributed by atoms with Gasteiger partial charge in [-0.2, -0.15) is 4.31 Å². The molecule has 1 saturated heterocycles. The number of ether oxygens (including phenoxy) is 1. The molecule has 1 N–H and O–H groups in total. The third-order valence-corrected chi connectivity index (χ3v) is 6.65. The zero-order valence-electron chi connectivity index (χ0n) is 11.5. The van der Waals surface area contributed by atoms with E-state index in [4.69, 9.17) is 5.11 Å². The van der Waals surface area contributed by atoms with Crippen molar-refractivity contribution < 1.29 is 27.9 Å². The Morgan fingerprint density at radius 3 is 2.67 bits per heavy atom. The highest BCUT2D eigenvalue weighted by atomic mass is 32.2. The van der Waals surface area contributed by atoms with E-state index >= 15 is 0 Å². The van der Waals surface area contributed by atoms with E-state index in [1.54, 1.807) is 12.3 Å². The van der Waals surface area contributed by atoms with E-state index in [9.17, 15) is 18.0 Å². The summed E-state index contributed by atoms with van der Waals surface area (Å²) in [6.07, 6.45) is 0.269. The van der Waals surface area contributed by atoms with Gasteiger partial charge < -0.3 is 9.84 Å². The molecule has 1 unspecified atom stereocenters. The molecule has 1 fully saturated rings. The fraction of sp³-hybridized carbons (Fsp3) is 0.500. The number of aryl methyl sites for hydroxylation is 1. The van der Waals surface area contributed by atoms with Gasteiger partial charge in [-0.15, -0.1) is 11.3 Å². The minimum Gasteiger partial charge on any atom is -0.481 e. The molecule has 0 radical (unpaired) electrons. The van der Waals surface area contributed by atoms with E-state index < -0.39 is 27.9 Å². The van der Waals surface area contributed by atoms with Gasteiger partial charge in [-0.05, 0) is 24.3 Å². The molecule has 0 bridgehead atoms. The molecular weight excluding hydrogens is 318 g/mol. The molecule has 1 aliphatic heterocycles. The maximum absolute atomic E-state index is 12.7. The normalized spacial score (nSPS) is 19.6. The van der Waals surface area contributed by atoms with Crippen LogP contribution in [0.2, 0.25) is 0 Å². The first-order valence-corrected chi connectivity index (χ1v) is 8.50. The zero-order chi connectivity index (χ0) is 15.8. The highest BCUT2D eigenvalue weighted by Gasteiger charge is 2.39. The summed E-state index contributed by atoms with van der Waals surface area (Å²) in [5, 5.41) is 10.5. The quantitative estimate of drug-likeness (QED) is 0.823. The van der Waals surface area contributed by atoms with Crippen molar-refractivity contribution in [3.63, 3.8) is 0 Å². The van der Waals surface area contributed by atoms with Crippen molar-refractivity contribution in [2.24, 2.45) is 5.92 Å². The smallest absolute Gasteiger partial charge is 0.349 e. The van der Waals surface area contributed by atoms with Crippen LogP contribution in [0.25, 0.3) is 0 Å². The number of aliphatic carboxylic acids is 1. The Balaban J connectivity index is 2.40. The number of sulfonamides is 1. The number of carboxylic acids is 1. The van der Waals surface area contributed by atoms with Crippen LogP contribution in [0.5, 0.6) is 0 Å². The van der Waals surface area contributed by atoms with Gasteiger partial charge in [0.1, 0.15) is 9.77 Å². The van der Waals surface area contributed by atoms with Crippen LogP contribution in [-0.4, -0.2) is 50.0 Å². The van der Waals surface area contributed by atoms with Crippen LogP contribution in [-0.2, 0) is 19.6 Å². The Bertz CT molecular complexity index is 678. The third kappa shape index (κ3) is 2.81. The van der Waals surface area contributed by atoms with Crippen molar-refractivity contribution in [1.29, 1.82) is 0 Å². The molecule has 116 valence electrons. The largest absolute Gasteiger partial charge is 0.481 e. The summed E-state index contributed by atoms with van der Waals surface area (Å²) in [4.78, 5) is 22.6. The summed E-state index contributed by atoms with van der Waals surface area (Å²) in [6.45, 7) is 1.66. The lowest BCUT2D eigenvalue weighted by molar-refractivity contribution is -0.141. The molecule has 0 amide bonds. The Morgan fingerprint density at radius 1 is 1.48 bits per heavy atom. The molecule has 7 nitrogen and oxygen atoms in total. The van der Waals surface area contributed by atoms with E-state index in [1.165, 1.54) is 7.11 Å². The first-order valence-electron chi connectivity index (χ1n) is 6.18. The summed E-state index contributed by atoms with van der Waals surface area (Å²) in [7, 11) is -2.71. The molecule has 9 heteroatoms. The number of carbonyl (C=O) groups is 2. The highest BCUT2D eigenvalue weighted by molar-refractivity contribution is 7.89. The second-order valence-corrected chi connectivity index (χ2v) is 7.51. The van der Waals surface area contributed by atoms with E-state index in [0.29, 0.717) is 5.56 Å². The number of methoxy groups -OCH3 is 1. The molecule has 2 rings (SSSR count). The van der Waals surface area contributed by atoms with Gasteiger partial charge in [0.15, 0.2) is 0 Å². The van der Waals surface area contributed by atoms with Crippen LogP contribution in [0.1, 0.15) is 21.7 Å². The fourth-order valence-electron chi connectivity index (χ4n) is 2.26. The zero-order valence-corrected chi connectivity index (χ0v) is 13.2. The molecule has 0 aromatic carbocycles. The summed E-state index contributed by atoms with van der Waals surface area (Å²) < 4.78 is 31.0. The van der Waals surface area contributed by atoms with Crippen molar-refractivity contribution in [2.75, 3.05) is 20.2 Å². The molecular formula is C12H15NO6S2. The second kappa shape index (κ2) is 5.74. The number of carboxylic acid groups (broad SMARTS) is 1. The highest BCUT2D eigenvalue weighted by Crippen LogP contribution is 2.32. The van der Waals surface area contributed by atoms with Gasteiger partial charge in [-0.25, -0.2) is 13.2 Å². The first-order chi connectivity index (χ1) is 9.78. The van der Waals surface area contributed by atoms with Crippen molar-refractivity contribution in [3.8, 4) is 0 Å². The molecule has 0 spiro atoms. The van der Waals surface area contributed by atoms with Crippen LogP contribution < -0.4 is 0 Å². The minimum absolute atomic E-state index is 0.0220. The van der Waals surface area contributed by atoms with E-state index in [1.807, 2.05) is 0 Å². The molecule has 21 heavy (non-hydrogen) atoms. The van der Waals surface area contributed by atoms with Crippen molar-refractivity contribution in [1.82, 2.24) is 4.31 Å². The van der Waals surface area contributed by atoms with E-state index in [2.05, 4.69) is 4.74 Å². The third-order valence-electron chi connectivity index (χ3n) is 3.39. The fourth-order valence-corrected chi connectivity index (χ4v) is 5.42. The van der Waals surface area contributed by atoms with Crippen LogP contribution in [0, 0.1) is 12.8 Å². The molecule has 1 aromatic rings. The maximum atomic E-state index is 12.7. The number of hydrogen-bond acceptors (Lipinski definition) is 6. The second-order valence-electron chi connectivity index (χ2n) is 4.76. The first kappa shape index (κ1) is 15.9. The Morgan fingerprint density at radius 2 is 2.14 bits per heavy atom. The number of carbonyl (C=O) groups excluding carboxylic acids is 1. The van der Waals surface area contributed by atoms with Crippen LogP contribution >= 0.6 is 11.3 Å². The lowest BCUT2D eigenvalue weighted by Gasteiger charge is -2.16. The number of hydrogen-bond donors (Lipinski definition) is 1. The monoisotopic (exact) mass is 333 g/mol. The molecule has 2 heterocycles. The molecule has 1 aromatic heterocycles. The van der Waals surface area contributed by atoms with E-state index in [-0.39, 0.29) is 29.3 Å². The number of rotatable bonds is 4. The van der Waals surface area contributed by atoms with Gasteiger partial charge >= 0.3 is 11.9 Å². The average Bonchev–Trinajstić information content (AvgIpc) is 3.04. The summed E-state index contributed by atoms with van der Waals surface area (Å²) in [5.41, 5.74) is 0.458. The Kier molecular flexibility index (Phi) is 4.35. The molecule has 0 aliphatic carbocycles. The lowest BCUT2D eigenvalue weighted by atomic mass is 10.1. The number of nitrogens with zero attached hydrogens (tertiary/aromatic N) is 1. The number of esters is 1. The van der Waals surface area contributed by atoms with Crippen molar-refractivity contribution >= 4 is 33.3 Å². The average molecular weight is 333 g/mol. The Hall–Kier alpha value is -1.45. The number of thiophene rings is 1.